The van der Waals surface area contributed by atoms with Crippen LogP contribution >= 0.6 is 0 Å². The van der Waals surface area contributed by atoms with E-state index in [1.165, 1.54) is 19.3 Å². The minimum Gasteiger partial charge on any atom is -0.326 e. The van der Waals surface area contributed by atoms with Gasteiger partial charge in [0.2, 0.25) is 11.9 Å². The molecule has 0 aliphatic heterocycles. The van der Waals surface area contributed by atoms with Crippen LogP contribution < -0.4 is 16.0 Å². The van der Waals surface area contributed by atoms with Crippen LogP contribution in [0.1, 0.15) is 6.92 Å². The Hall–Kier alpha value is -3.29. The summed E-state index contributed by atoms with van der Waals surface area (Å²) in [5, 5.41) is 7.29. The van der Waals surface area contributed by atoms with Crippen molar-refractivity contribution in [1.82, 2.24) is 9.97 Å². The summed E-state index contributed by atoms with van der Waals surface area (Å²) in [7, 11) is 0. The van der Waals surface area contributed by atoms with Crippen LogP contribution in [0.5, 0.6) is 0 Å². The Morgan fingerprint density at radius 3 is 1.86 bits per heavy atom. The molecule has 112 valence electrons. The van der Waals surface area contributed by atoms with Gasteiger partial charge in [-0.3, -0.25) is 19.7 Å². The number of carbonyl (C=O) groups excluding carboxylic acids is 3. The lowest BCUT2D eigenvalue weighted by Gasteiger charge is -2.06. The second kappa shape index (κ2) is 6.93. The highest BCUT2D eigenvalue weighted by atomic mass is 16.2. The Morgan fingerprint density at radius 1 is 0.818 bits per heavy atom. The minimum absolute atomic E-state index is 0.0451. The monoisotopic (exact) mass is 299 g/mol. The summed E-state index contributed by atoms with van der Waals surface area (Å²) in [6.45, 7) is 1.39. The van der Waals surface area contributed by atoms with Gasteiger partial charge >= 0.3 is 11.8 Å². The van der Waals surface area contributed by atoms with E-state index in [-0.39, 0.29) is 11.9 Å². The zero-order valence-electron chi connectivity index (χ0n) is 11.7. The summed E-state index contributed by atoms with van der Waals surface area (Å²) in [4.78, 5) is 41.9. The molecule has 3 amide bonds. The molecule has 0 unspecified atom stereocenters. The SMILES string of the molecule is CC(=O)Nc1ccc(NC(=O)C(=O)Nc2ncccn2)cc1. The van der Waals surface area contributed by atoms with Gasteiger partial charge in [0.15, 0.2) is 0 Å². The number of rotatable bonds is 3. The van der Waals surface area contributed by atoms with Crippen molar-refractivity contribution in [3.05, 3.63) is 42.7 Å². The highest BCUT2D eigenvalue weighted by Gasteiger charge is 2.14. The summed E-state index contributed by atoms with van der Waals surface area (Å²) < 4.78 is 0. The van der Waals surface area contributed by atoms with E-state index in [1.54, 1.807) is 30.3 Å². The van der Waals surface area contributed by atoms with E-state index >= 15 is 0 Å². The fourth-order valence-electron chi connectivity index (χ4n) is 1.55. The van der Waals surface area contributed by atoms with Crippen LogP contribution in [-0.4, -0.2) is 27.7 Å². The second-order valence-electron chi connectivity index (χ2n) is 4.24. The normalized spacial score (nSPS) is 9.68. The average molecular weight is 299 g/mol. The first-order valence-electron chi connectivity index (χ1n) is 6.31. The van der Waals surface area contributed by atoms with Gasteiger partial charge in [0.05, 0.1) is 0 Å². The number of nitrogens with one attached hydrogen (secondary N) is 3. The number of benzene rings is 1. The Balaban J connectivity index is 1.93. The largest absolute Gasteiger partial charge is 0.326 e. The average Bonchev–Trinajstić information content (AvgIpc) is 2.49. The lowest BCUT2D eigenvalue weighted by molar-refractivity contribution is -0.133. The first-order chi connectivity index (χ1) is 10.5. The molecule has 0 aliphatic rings. The van der Waals surface area contributed by atoms with Gasteiger partial charge in [0.1, 0.15) is 0 Å². The van der Waals surface area contributed by atoms with Crippen molar-refractivity contribution < 1.29 is 14.4 Å². The van der Waals surface area contributed by atoms with Crippen molar-refractivity contribution in [3.63, 3.8) is 0 Å². The van der Waals surface area contributed by atoms with E-state index in [1.807, 2.05) is 0 Å². The van der Waals surface area contributed by atoms with Crippen LogP contribution in [0, 0.1) is 0 Å². The maximum atomic E-state index is 11.7. The smallest absolute Gasteiger partial charge is 0.316 e. The van der Waals surface area contributed by atoms with Crippen molar-refractivity contribution in [2.75, 3.05) is 16.0 Å². The number of amides is 3. The quantitative estimate of drug-likeness (QED) is 0.732. The molecule has 2 rings (SSSR count). The Kier molecular flexibility index (Phi) is 4.76. The van der Waals surface area contributed by atoms with E-state index in [0.717, 1.165) is 0 Å². The first kappa shape index (κ1) is 15.1. The summed E-state index contributed by atoms with van der Waals surface area (Å²) in [6, 6.07) is 7.93. The zero-order chi connectivity index (χ0) is 15.9. The Morgan fingerprint density at radius 2 is 1.32 bits per heavy atom. The third-order valence-corrected chi connectivity index (χ3v) is 2.46. The molecule has 0 saturated heterocycles. The van der Waals surface area contributed by atoms with Crippen molar-refractivity contribution in [3.8, 4) is 0 Å². The molecule has 2 aromatic rings. The Labute approximate surface area is 126 Å². The van der Waals surface area contributed by atoms with Crippen molar-refractivity contribution in [2.24, 2.45) is 0 Å². The van der Waals surface area contributed by atoms with Crippen LogP contribution in [0.2, 0.25) is 0 Å². The van der Waals surface area contributed by atoms with Crippen LogP contribution in [0.3, 0.4) is 0 Å². The topological polar surface area (TPSA) is 113 Å². The standard InChI is InChI=1S/C14H13N5O3/c1-9(20)17-10-3-5-11(6-4-10)18-12(21)13(22)19-14-15-7-2-8-16-14/h2-8H,1H3,(H,17,20)(H,18,21)(H,15,16,19,22). The fourth-order valence-corrected chi connectivity index (χ4v) is 1.55. The van der Waals surface area contributed by atoms with Gasteiger partial charge in [-0.25, -0.2) is 9.97 Å². The lowest BCUT2D eigenvalue weighted by Crippen LogP contribution is -2.29. The molecule has 0 saturated carbocycles. The summed E-state index contributed by atoms with van der Waals surface area (Å²) in [6.07, 6.45) is 2.89. The molecule has 0 spiro atoms. The highest BCUT2D eigenvalue weighted by Crippen LogP contribution is 2.13. The van der Waals surface area contributed by atoms with E-state index in [4.69, 9.17) is 0 Å². The third-order valence-electron chi connectivity index (χ3n) is 2.46. The number of carbonyl (C=O) groups is 3. The van der Waals surface area contributed by atoms with Crippen LogP contribution in [0.4, 0.5) is 17.3 Å². The molecular weight excluding hydrogens is 286 g/mol. The summed E-state index contributed by atoms with van der Waals surface area (Å²) >= 11 is 0. The molecule has 22 heavy (non-hydrogen) atoms. The van der Waals surface area contributed by atoms with Crippen LogP contribution in [-0.2, 0) is 14.4 Å². The van der Waals surface area contributed by atoms with Crippen LogP contribution in [0.15, 0.2) is 42.7 Å². The predicted octanol–water partition coefficient (Wildman–Crippen LogP) is 1.01. The number of hydrogen-bond acceptors (Lipinski definition) is 5. The van der Waals surface area contributed by atoms with Gasteiger partial charge in [-0.15, -0.1) is 0 Å². The van der Waals surface area contributed by atoms with Crippen LogP contribution in [0.25, 0.3) is 0 Å². The minimum atomic E-state index is -0.878. The van der Waals surface area contributed by atoms with E-state index < -0.39 is 11.8 Å². The number of nitrogens with zero attached hydrogens (tertiary/aromatic N) is 2. The van der Waals surface area contributed by atoms with Gasteiger partial charge in [-0.2, -0.15) is 0 Å². The van der Waals surface area contributed by atoms with E-state index in [9.17, 15) is 14.4 Å². The van der Waals surface area contributed by atoms with Crippen molar-refractivity contribution in [2.45, 2.75) is 6.92 Å². The molecule has 0 atom stereocenters. The first-order valence-corrected chi connectivity index (χ1v) is 6.31. The number of hydrogen-bond donors (Lipinski definition) is 3. The molecular formula is C14H13N5O3. The molecule has 0 bridgehead atoms. The zero-order valence-corrected chi connectivity index (χ0v) is 11.7. The van der Waals surface area contributed by atoms with Gasteiger partial charge < -0.3 is 10.6 Å². The third kappa shape index (κ3) is 4.37. The maximum absolute atomic E-state index is 11.7. The van der Waals surface area contributed by atoms with Crippen molar-refractivity contribution in [1.29, 1.82) is 0 Å². The number of aromatic nitrogens is 2. The molecule has 0 fully saturated rings. The van der Waals surface area contributed by atoms with Crippen molar-refractivity contribution >= 4 is 35.0 Å². The molecule has 1 aromatic heterocycles. The number of anilines is 3. The molecule has 8 heteroatoms. The lowest BCUT2D eigenvalue weighted by atomic mass is 10.2. The molecule has 0 radical (unpaired) electrons. The maximum Gasteiger partial charge on any atom is 0.316 e. The second-order valence-corrected chi connectivity index (χ2v) is 4.24. The molecule has 0 aliphatic carbocycles. The fraction of sp³-hybridized carbons (Fsp3) is 0.0714. The summed E-state index contributed by atoms with van der Waals surface area (Å²) in [5.74, 6) is -1.88. The Bertz CT molecular complexity index is 685. The van der Waals surface area contributed by atoms with E-state index in [0.29, 0.717) is 11.4 Å². The predicted molar refractivity (Wildman–Crippen MR) is 80.0 cm³/mol. The molecule has 1 aromatic carbocycles. The summed E-state index contributed by atoms with van der Waals surface area (Å²) in [5.41, 5.74) is 1.01. The van der Waals surface area contributed by atoms with Gasteiger partial charge in [0.25, 0.3) is 0 Å². The molecule has 8 nitrogen and oxygen atoms in total. The highest BCUT2D eigenvalue weighted by molar-refractivity contribution is 6.43. The molecule has 3 N–H and O–H groups in total. The van der Waals surface area contributed by atoms with E-state index in [2.05, 4.69) is 25.9 Å². The molecule has 1 heterocycles. The van der Waals surface area contributed by atoms with Gasteiger partial charge in [-0.05, 0) is 30.3 Å². The van der Waals surface area contributed by atoms with Gasteiger partial charge in [-0.1, -0.05) is 0 Å². The van der Waals surface area contributed by atoms with Gasteiger partial charge in [0, 0.05) is 30.7 Å².